The van der Waals surface area contributed by atoms with Crippen LogP contribution in [-0.4, -0.2) is 22.5 Å². The molecule has 0 aliphatic rings. The number of hydrogen-bond donors (Lipinski definition) is 2. The molecule has 0 saturated heterocycles. The number of hydrogen-bond acceptors (Lipinski definition) is 4. The lowest BCUT2D eigenvalue weighted by atomic mass is 10.1. The fourth-order valence-corrected chi connectivity index (χ4v) is 2.46. The molecule has 1 heterocycles. The van der Waals surface area contributed by atoms with E-state index in [4.69, 9.17) is 4.55 Å². The summed E-state index contributed by atoms with van der Waals surface area (Å²) in [5.41, 5.74) is -0.543. The fourth-order valence-electron chi connectivity index (χ4n) is 1.86. The molecule has 1 aromatic heterocycles. The lowest BCUT2D eigenvalue weighted by molar-refractivity contribution is 0.483. The second-order valence-electron chi connectivity index (χ2n) is 3.93. The number of fused-ring (bicyclic) bond motifs is 1. The number of rotatable bonds is 1. The molecule has 0 unspecified atom stereocenters. The largest absolute Gasteiger partial charge is 0.328 e. The third kappa shape index (κ3) is 1.85. The number of aryl methyl sites for hydroxylation is 2. The quantitative estimate of drug-likeness (QED) is 0.696. The van der Waals surface area contributed by atoms with E-state index < -0.39 is 21.4 Å². The molecule has 0 aliphatic heterocycles. The average Bonchev–Trinajstić information content (AvgIpc) is 2.24. The van der Waals surface area contributed by atoms with Crippen LogP contribution in [0, 0.1) is 6.92 Å². The minimum atomic E-state index is -4.40. The zero-order valence-corrected chi connectivity index (χ0v) is 10.4. The standard InChI is InChI=1S/C10H10N2O5S/c1-5-3-6(18(15,16)17)4-7-8(5)12(2)10(14)11-9(7)13/h3-4H,1-2H3,(H,11,13,14)(H,15,16,17). The Hall–Kier alpha value is -1.93. The lowest BCUT2D eigenvalue weighted by Gasteiger charge is -2.08. The molecule has 8 heteroatoms. The predicted molar refractivity (Wildman–Crippen MR) is 64.4 cm³/mol. The molecule has 0 atom stereocenters. The molecular weight excluding hydrogens is 260 g/mol. The van der Waals surface area contributed by atoms with Crippen LogP contribution in [0.2, 0.25) is 0 Å². The lowest BCUT2D eigenvalue weighted by Crippen LogP contribution is -2.29. The van der Waals surface area contributed by atoms with Gasteiger partial charge < -0.3 is 0 Å². The molecule has 1 aromatic carbocycles. The summed E-state index contributed by atoms with van der Waals surface area (Å²) in [5, 5.41) is 0.0322. The van der Waals surface area contributed by atoms with Crippen molar-refractivity contribution in [2.45, 2.75) is 11.8 Å². The Morgan fingerprint density at radius 1 is 1.28 bits per heavy atom. The van der Waals surface area contributed by atoms with Crippen LogP contribution < -0.4 is 11.2 Å². The molecule has 0 radical (unpaired) electrons. The molecule has 0 amide bonds. The first kappa shape index (κ1) is 12.5. The number of aromatic nitrogens is 2. The van der Waals surface area contributed by atoms with Gasteiger partial charge in [-0.05, 0) is 24.6 Å². The van der Waals surface area contributed by atoms with Gasteiger partial charge in [0.25, 0.3) is 15.7 Å². The van der Waals surface area contributed by atoms with Crippen molar-refractivity contribution in [3.05, 3.63) is 38.5 Å². The third-order valence-electron chi connectivity index (χ3n) is 2.68. The molecule has 0 saturated carbocycles. The Morgan fingerprint density at radius 2 is 1.89 bits per heavy atom. The topological polar surface area (TPSA) is 109 Å². The number of H-pyrrole nitrogens is 1. The molecule has 7 nitrogen and oxygen atoms in total. The van der Waals surface area contributed by atoms with Crippen LogP contribution in [0.3, 0.4) is 0 Å². The normalized spacial score (nSPS) is 11.9. The van der Waals surface area contributed by atoms with E-state index >= 15 is 0 Å². The predicted octanol–water partition coefficient (Wildman–Crippen LogP) is -0.218. The van der Waals surface area contributed by atoms with Crippen molar-refractivity contribution < 1.29 is 13.0 Å². The van der Waals surface area contributed by atoms with Gasteiger partial charge in [-0.25, -0.2) is 4.79 Å². The van der Waals surface area contributed by atoms with Crippen LogP contribution in [0.5, 0.6) is 0 Å². The third-order valence-corrected chi connectivity index (χ3v) is 3.51. The maximum atomic E-state index is 11.6. The fraction of sp³-hybridized carbons (Fsp3) is 0.200. The number of benzene rings is 1. The molecule has 0 bridgehead atoms. The van der Waals surface area contributed by atoms with Gasteiger partial charge in [0, 0.05) is 7.05 Å². The van der Waals surface area contributed by atoms with E-state index in [2.05, 4.69) is 4.98 Å². The summed E-state index contributed by atoms with van der Waals surface area (Å²) in [7, 11) is -2.94. The first-order chi connectivity index (χ1) is 8.21. The van der Waals surface area contributed by atoms with Crippen LogP contribution in [0.15, 0.2) is 26.6 Å². The molecule has 2 aromatic rings. The van der Waals surface area contributed by atoms with Crippen molar-refractivity contribution in [1.29, 1.82) is 0 Å². The summed E-state index contributed by atoms with van der Waals surface area (Å²) in [6, 6.07) is 2.24. The number of nitrogens with one attached hydrogen (secondary N) is 1. The molecule has 2 N–H and O–H groups in total. The van der Waals surface area contributed by atoms with E-state index in [1.165, 1.54) is 17.7 Å². The number of aromatic amines is 1. The highest BCUT2D eigenvalue weighted by atomic mass is 32.2. The monoisotopic (exact) mass is 270 g/mol. The maximum Gasteiger partial charge on any atom is 0.328 e. The summed E-state index contributed by atoms with van der Waals surface area (Å²) in [6.07, 6.45) is 0. The summed E-state index contributed by atoms with van der Waals surface area (Å²) in [5.74, 6) is 0. The van der Waals surface area contributed by atoms with E-state index in [-0.39, 0.29) is 10.3 Å². The highest BCUT2D eigenvalue weighted by molar-refractivity contribution is 7.85. The zero-order valence-electron chi connectivity index (χ0n) is 9.59. The molecule has 96 valence electrons. The highest BCUT2D eigenvalue weighted by Gasteiger charge is 2.15. The second kappa shape index (κ2) is 3.79. The summed E-state index contributed by atoms with van der Waals surface area (Å²) in [6.45, 7) is 1.55. The van der Waals surface area contributed by atoms with Crippen LogP contribution in [0.1, 0.15) is 5.56 Å². The Kier molecular flexibility index (Phi) is 2.63. The van der Waals surface area contributed by atoms with Crippen molar-refractivity contribution in [2.75, 3.05) is 0 Å². The Morgan fingerprint density at radius 3 is 2.44 bits per heavy atom. The summed E-state index contributed by atoms with van der Waals surface area (Å²) >= 11 is 0. The number of nitrogens with zero attached hydrogens (tertiary/aromatic N) is 1. The van der Waals surface area contributed by atoms with Gasteiger partial charge in [-0.3, -0.25) is 18.9 Å². The minimum absolute atomic E-state index is 0.0322. The van der Waals surface area contributed by atoms with Gasteiger partial charge in [0.2, 0.25) is 0 Å². The van der Waals surface area contributed by atoms with Gasteiger partial charge >= 0.3 is 5.69 Å². The van der Waals surface area contributed by atoms with Gasteiger partial charge in [-0.15, -0.1) is 0 Å². The molecule has 2 rings (SSSR count). The van der Waals surface area contributed by atoms with Crippen molar-refractivity contribution in [3.63, 3.8) is 0 Å². The zero-order chi connectivity index (χ0) is 13.7. The SMILES string of the molecule is Cc1cc(S(=O)(=O)O)cc2c(=O)[nH]c(=O)n(C)c12. The van der Waals surface area contributed by atoms with Crippen LogP contribution >= 0.6 is 0 Å². The van der Waals surface area contributed by atoms with Crippen LogP contribution in [-0.2, 0) is 17.2 Å². The van der Waals surface area contributed by atoms with Crippen molar-refractivity contribution >= 4 is 21.0 Å². The summed E-state index contributed by atoms with van der Waals surface area (Å²) < 4.78 is 32.3. The molecular formula is C10H10N2O5S. The van der Waals surface area contributed by atoms with Crippen molar-refractivity contribution in [3.8, 4) is 0 Å². The van der Waals surface area contributed by atoms with Crippen LogP contribution in [0.25, 0.3) is 10.9 Å². The van der Waals surface area contributed by atoms with E-state index in [9.17, 15) is 18.0 Å². The van der Waals surface area contributed by atoms with Gasteiger partial charge in [0.15, 0.2) is 0 Å². The molecule has 18 heavy (non-hydrogen) atoms. The molecule has 0 spiro atoms. The van der Waals surface area contributed by atoms with Gasteiger partial charge in [-0.1, -0.05) is 0 Å². The Balaban J connectivity index is 3.10. The average molecular weight is 270 g/mol. The van der Waals surface area contributed by atoms with E-state index in [1.54, 1.807) is 6.92 Å². The maximum absolute atomic E-state index is 11.6. The minimum Gasteiger partial charge on any atom is -0.296 e. The smallest absolute Gasteiger partial charge is 0.296 e. The van der Waals surface area contributed by atoms with E-state index in [0.717, 1.165) is 6.07 Å². The van der Waals surface area contributed by atoms with Gasteiger partial charge in [-0.2, -0.15) is 8.42 Å². The molecule has 0 fully saturated rings. The van der Waals surface area contributed by atoms with E-state index in [1.807, 2.05) is 0 Å². The first-order valence-electron chi connectivity index (χ1n) is 4.93. The highest BCUT2D eigenvalue weighted by Crippen LogP contribution is 2.19. The van der Waals surface area contributed by atoms with Crippen molar-refractivity contribution in [2.24, 2.45) is 7.05 Å². The second-order valence-corrected chi connectivity index (χ2v) is 5.35. The van der Waals surface area contributed by atoms with Gasteiger partial charge in [0.1, 0.15) is 0 Å². The van der Waals surface area contributed by atoms with Gasteiger partial charge in [0.05, 0.1) is 15.8 Å². The Labute approximate surface area is 101 Å². The summed E-state index contributed by atoms with van der Waals surface area (Å²) in [4.78, 5) is 24.8. The Bertz CT molecular complexity index is 860. The van der Waals surface area contributed by atoms with Crippen LogP contribution in [0.4, 0.5) is 0 Å². The van der Waals surface area contributed by atoms with E-state index in [0.29, 0.717) is 11.1 Å². The van der Waals surface area contributed by atoms with Crippen molar-refractivity contribution in [1.82, 2.24) is 9.55 Å². The molecule has 0 aliphatic carbocycles. The first-order valence-corrected chi connectivity index (χ1v) is 6.37.